The number of nitrogens with one attached hydrogen (secondary N) is 2. The number of aromatic nitrogens is 3. The number of aromatic amines is 2. The van der Waals surface area contributed by atoms with Gasteiger partial charge in [0.2, 0.25) is 0 Å². The second-order valence-corrected chi connectivity index (χ2v) is 7.39. The lowest BCUT2D eigenvalue weighted by atomic mass is 9.95. The highest BCUT2D eigenvalue weighted by atomic mass is 16.2. The highest BCUT2D eigenvalue weighted by Gasteiger charge is 2.24. The highest BCUT2D eigenvalue weighted by Crippen LogP contribution is 2.24. The van der Waals surface area contributed by atoms with E-state index in [-0.39, 0.29) is 23.1 Å². The molecule has 0 saturated carbocycles. The average Bonchev–Trinajstić information content (AvgIpc) is 3.22. The lowest BCUT2D eigenvalue weighted by Crippen LogP contribution is -2.34. The molecule has 0 radical (unpaired) electrons. The van der Waals surface area contributed by atoms with E-state index in [1.165, 1.54) is 0 Å². The molecule has 28 heavy (non-hydrogen) atoms. The van der Waals surface area contributed by atoms with E-state index in [4.69, 9.17) is 0 Å². The molecule has 1 atom stereocenters. The molecule has 0 aliphatic heterocycles. The molecule has 1 aliphatic rings. The molecule has 6 nitrogen and oxygen atoms in total. The first-order chi connectivity index (χ1) is 13.5. The van der Waals surface area contributed by atoms with Gasteiger partial charge < -0.3 is 9.88 Å². The number of amides is 1. The fraction of sp³-hybridized carbons (Fsp3) is 0.318. The van der Waals surface area contributed by atoms with Crippen molar-refractivity contribution in [2.45, 2.75) is 38.6 Å². The Balaban J connectivity index is 1.57. The van der Waals surface area contributed by atoms with Crippen LogP contribution in [0, 0.1) is 0 Å². The van der Waals surface area contributed by atoms with Crippen molar-refractivity contribution in [3.05, 3.63) is 75.3 Å². The molecule has 2 N–H and O–H groups in total. The topological polar surface area (TPSA) is 81.8 Å². The molecule has 2 heterocycles. The predicted molar refractivity (Wildman–Crippen MR) is 108 cm³/mol. The van der Waals surface area contributed by atoms with Crippen molar-refractivity contribution in [1.29, 1.82) is 0 Å². The lowest BCUT2D eigenvalue weighted by Gasteiger charge is -2.24. The number of pyridine rings is 1. The van der Waals surface area contributed by atoms with Crippen LogP contribution in [-0.4, -0.2) is 33.0 Å². The van der Waals surface area contributed by atoms with Crippen molar-refractivity contribution < 1.29 is 4.79 Å². The summed E-state index contributed by atoms with van der Waals surface area (Å²) in [5.41, 5.74) is 4.63. The molecule has 2 aromatic heterocycles. The molecule has 0 saturated heterocycles. The van der Waals surface area contributed by atoms with Gasteiger partial charge in [0.1, 0.15) is 5.56 Å². The summed E-state index contributed by atoms with van der Waals surface area (Å²) in [7, 11) is 1.72. The van der Waals surface area contributed by atoms with Crippen LogP contribution in [0.3, 0.4) is 0 Å². The van der Waals surface area contributed by atoms with E-state index >= 15 is 0 Å². The number of hydrogen-bond acceptors (Lipinski definition) is 3. The van der Waals surface area contributed by atoms with Gasteiger partial charge in [-0.05, 0) is 50.3 Å². The third-order valence-electron chi connectivity index (χ3n) is 5.59. The Morgan fingerprint density at radius 2 is 1.89 bits per heavy atom. The number of fused-ring (bicyclic) bond motifs is 1. The molecule has 0 spiro atoms. The largest absolute Gasteiger partial charge is 0.333 e. The summed E-state index contributed by atoms with van der Waals surface area (Å²) in [6.07, 6.45) is 3.96. The first kappa shape index (κ1) is 18.2. The summed E-state index contributed by atoms with van der Waals surface area (Å²) in [5, 5.41) is 7.39. The molecule has 0 bridgehead atoms. The van der Waals surface area contributed by atoms with E-state index in [1.807, 2.05) is 43.3 Å². The van der Waals surface area contributed by atoms with Crippen molar-refractivity contribution in [3.63, 3.8) is 0 Å². The van der Waals surface area contributed by atoms with Gasteiger partial charge in [-0.15, -0.1) is 0 Å². The number of H-pyrrole nitrogens is 2. The number of carbonyl (C=O) groups excluding carboxylic acids is 1. The second-order valence-electron chi connectivity index (χ2n) is 7.39. The van der Waals surface area contributed by atoms with Crippen molar-refractivity contribution in [2.24, 2.45) is 0 Å². The molecule has 0 fully saturated rings. The maximum atomic E-state index is 13.0. The van der Waals surface area contributed by atoms with Crippen LogP contribution in [0.5, 0.6) is 0 Å². The van der Waals surface area contributed by atoms with E-state index in [0.29, 0.717) is 0 Å². The molecule has 1 aliphatic carbocycles. The minimum absolute atomic E-state index is 0.206. The van der Waals surface area contributed by atoms with Gasteiger partial charge in [0.15, 0.2) is 0 Å². The van der Waals surface area contributed by atoms with Crippen LogP contribution >= 0.6 is 0 Å². The van der Waals surface area contributed by atoms with Gasteiger partial charge in [-0.1, -0.05) is 30.3 Å². The maximum Gasteiger partial charge on any atom is 0.261 e. The standard InChI is InChI=1S/C22H24N4O2/c1-14(19-13-20(25-24-19)15-8-4-3-5-9-15)26(2)22(28)17-12-16-10-6-7-11-18(16)23-21(17)27/h3-5,8-9,12-14H,6-7,10-11H2,1-2H3,(H,23,27)(H,24,25). The Morgan fingerprint density at radius 1 is 1.14 bits per heavy atom. The van der Waals surface area contributed by atoms with Gasteiger partial charge in [0.05, 0.1) is 17.4 Å². The van der Waals surface area contributed by atoms with Crippen LogP contribution in [0.2, 0.25) is 0 Å². The number of benzene rings is 1. The zero-order valence-electron chi connectivity index (χ0n) is 16.2. The third-order valence-corrected chi connectivity index (χ3v) is 5.59. The van der Waals surface area contributed by atoms with Crippen LogP contribution in [0.4, 0.5) is 0 Å². The molecular weight excluding hydrogens is 352 g/mol. The van der Waals surface area contributed by atoms with Crippen molar-refractivity contribution >= 4 is 5.91 Å². The van der Waals surface area contributed by atoms with E-state index in [9.17, 15) is 9.59 Å². The Morgan fingerprint density at radius 3 is 2.68 bits per heavy atom. The van der Waals surface area contributed by atoms with Crippen LogP contribution < -0.4 is 5.56 Å². The molecule has 1 aromatic carbocycles. The van der Waals surface area contributed by atoms with Crippen LogP contribution in [0.1, 0.15) is 53.1 Å². The van der Waals surface area contributed by atoms with Crippen LogP contribution in [0.15, 0.2) is 47.3 Å². The van der Waals surface area contributed by atoms with E-state index in [2.05, 4.69) is 15.2 Å². The second kappa shape index (κ2) is 7.46. The Hall–Kier alpha value is -3.15. The van der Waals surface area contributed by atoms with Crippen molar-refractivity contribution in [2.75, 3.05) is 7.05 Å². The van der Waals surface area contributed by atoms with Gasteiger partial charge in [-0.3, -0.25) is 14.7 Å². The van der Waals surface area contributed by atoms with Gasteiger partial charge in [-0.2, -0.15) is 5.10 Å². The summed E-state index contributed by atoms with van der Waals surface area (Å²) < 4.78 is 0. The molecule has 1 amide bonds. The summed E-state index contributed by atoms with van der Waals surface area (Å²) in [6.45, 7) is 1.92. The lowest BCUT2D eigenvalue weighted by molar-refractivity contribution is 0.0737. The van der Waals surface area contributed by atoms with Gasteiger partial charge in [0.25, 0.3) is 11.5 Å². The van der Waals surface area contributed by atoms with Gasteiger partial charge >= 0.3 is 0 Å². The average molecular weight is 376 g/mol. The summed E-state index contributed by atoms with van der Waals surface area (Å²) >= 11 is 0. The number of nitrogens with zero attached hydrogens (tertiary/aromatic N) is 2. The molecule has 144 valence electrons. The fourth-order valence-electron chi connectivity index (χ4n) is 3.72. The summed E-state index contributed by atoms with van der Waals surface area (Å²) in [4.78, 5) is 30.0. The summed E-state index contributed by atoms with van der Waals surface area (Å²) in [5.74, 6) is -0.280. The SMILES string of the molecule is CC(c1cc(-c2ccccc2)n[nH]1)N(C)C(=O)c1cc2c([nH]c1=O)CCCC2. The van der Waals surface area contributed by atoms with Crippen LogP contribution in [0.25, 0.3) is 11.3 Å². The van der Waals surface area contributed by atoms with E-state index in [1.54, 1.807) is 18.0 Å². The molecule has 6 heteroatoms. The first-order valence-corrected chi connectivity index (χ1v) is 9.67. The Kier molecular flexibility index (Phi) is 4.86. The van der Waals surface area contributed by atoms with Gasteiger partial charge in [0, 0.05) is 18.3 Å². The normalized spacial score (nSPS) is 14.4. The predicted octanol–water partition coefficient (Wildman–Crippen LogP) is 3.48. The van der Waals surface area contributed by atoms with E-state index in [0.717, 1.165) is 53.9 Å². The molecule has 1 unspecified atom stereocenters. The van der Waals surface area contributed by atoms with Gasteiger partial charge in [-0.25, -0.2) is 0 Å². The fourth-order valence-corrected chi connectivity index (χ4v) is 3.72. The Labute approximate surface area is 163 Å². The maximum absolute atomic E-state index is 13.0. The molecule has 3 aromatic rings. The third kappa shape index (κ3) is 3.38. The van der Waals surface area contributed by atoms with E-state index < -0.39 is 0 Å². The summed E-state index contributed by atoms with van der Waals surface area (Å²) in [6, 6.07) is 13.4. The molecular formula is C22H24N4O2. The zero-order valence-corrected chi connectivity index (χ0v) is 16.2. The quantitative estimate of drug-likeness (QED) is 0.731. The molecule has 4 rings (SSSR count). The Bertz CT molecular complexity index is 1050. The number of rotatable bonds is 4. The zero-order chi connectivity index (χ0) is 19.7. The smallest absolute Gasteiger partial charge is 0.261 e. The van der Waals surface area contributed by atoms with Crippen LogP contribution in [-0.2, 0) is 12.8 Å². The van der Waals surface area contributed by atoms with Crippen molar-refractivity contribution in [3.8, 4) is 11.3 Å². The monoisotopic (exact) mass is 376 g/mol. The number of hydrogen-bond donors (Lipinski definition) is 2. The number of carbonyl (C=O) groups is 1. The van der Waals surface area contributed by atoms with Crippen molar-refractivity contribution in [1.82, 2.24) is 20.1 Å². The number of aryl methyl sites for hydroxylation is 2. The highest BCUT2D eigenvalue weighted by molar-refractivity contribution is 5.94. The minimum atomic E-state index is -0.306. The first-order valence-electron chi connectivity index (χ1n) is 9.67. The minimum Gasteiger partial charge on any atom is -0.333 e.